The van der Waals surface area contributed by atoms with Gasteiger partial charge in [-0.2, -0.15) is 0 Å². The number of nitrogens with zero attached hydrogens (tertiary/aromatic N) is 2. The minimum atomic E-state index is -3.78. The molecule has 1 aromatic heterocycles. The van der Waals surface area contributed by atoms with Crippen LogP contribution in [0.5, 0.6) is 0 Å². The molecule has 2 rings (SSSR count). The third-order valence-corrected chi connectivity index (χ3v) is 3.86. The normalized spacial score (nSPS) is 11.8. The number of sulfonamides is 1. The molecule has 0 amide bonds. The number of rotatable bonds is 5. The lowest BCUT2D eigenvalue weighted by Crippen LogP contribution is -2.12. The summed E-state index contributed by atoms with van der Waals surface area (Å²) in [5.74, 6) is 0.705. The van der Waals surface area contributed by atoms with Gasteiger partial charge in [-0.05, 0) is 24.1 Å². The molecule has 1 aromatic carbocycles. The fourth-order valence-electron chi connectivity index (χ4n) is 1.96. The van der Waals surface area contributed by atoms with Gasteiger partial charge in [0.05, 0.1) is 0 Å². The number of hydrogen-bond donors (Lipinski definition) is 1. The highest BCUT2D eigenvalue weighted by Crippen LogP contribution is 2.15. The summed E-state index contributed by atoms with van der Waals surface area (Å²) < 4.78 is 24.6. The topological polar surface area (TPSA) is 78.0 Å². The van der Waals surface area contributed by atoms with Gasteiger partial charge in [0.2, 0.25) is 0 Å². The van der Waals surface area contributed by atoms with E-state index in [0.29, 0.717) is 23.8 Å². The minimum Gasteiger partial charge on any atom is -0.329 e. The molecule has 0 unspecified atom stereocenters. The van der Waals surface area contributed by atoms with Crippen molar-refractivity contribution in [1.29, 1.82) is 0 Å². The van der Waals surface area contributed by atoms with Crippen LogP contribution in [0.3, 0.4) is 0 Å². The van der Waals surface area contributed by atoms with Crippen molar-refractivity contribution in [3.05, 3.63) is 46.9 Å². The van der Waals surface area contributed by atoms with E-state index in [2.05, 4.69) is 4.98 Å². The second-order valence-corrected chi connectivity index (χ2v) is 6.49. The molecule has 7 heteroatoms. The van der Waals surface area contributed by atoms with E-state index in [1.807, 2.05) is 25.1 Å². The van der Waals surface area contributed by atoms with Crippen molar-refractivity contribution in [2.75, 3.05) is 0 Å². The first kappa shape index (κ1) is 15.0. The number of primary sulfonamides is 1. The van der Waals surface area contributed by atoms with E-state index < -0.39 is 10.0 Å². The molecular formula is C13H16ClN3O2S. The monoisotopic (exact) mass is 313 g/mol. The molecule has 0 atom stereocenters. The van der Waals surface area contributed by atoms with Crippen LogP contribution in [0.25, 0.3) is 0 Å². The Bertz CT molecular complexity index is 710. The Kier molecular flexibility index (Phi) is 4.47. The Morgan fingerprint density at radius 2 is 2.15 bits per heavy atom. The zero-order valence-corrected chi connectivity index (χ0v) is 12.7. The Hall–Kier alpha value is -1.37. The SMILES string of the molecule is CCCc1nc(S(N)(=O)=O)cn1Cc1cccc(Cl)c1. The number of aryl methyl sites for hydroxylation is 1. The summed E-state index contributed by atoms with van der Waals surface area (Å²) in [7, 11) is -3.78. The van der Waals surface area contributed by atoms with E-state index in [0.717, 1.165) is 12.0 Å². The molecule has 108 valence electrons. The largest absolute Gasteiger partial charge is 0.329 e. The summed E-state index contributed by atoms with van der Waals surface area (Å²) in [5, 5.41) is 5.68. The van der Waals surface area contributed by atoms with Crippen molar-refractivity contribution < 1.29 is 8.42 Å². The summed E-state index contributed by atoms with van der Waals surface area (Å²) in [4.78, 5) is 4.11. The summed E-state index contributed by atoms with van der Waals surface area (Å²) in [6.45, 7) is 2.52. The predicted molar refractivity (Wildman–Crippen MR) is 78.1 cm³/mol. The first-order valence-electron chi connectivity index (χ1n) is 6.23. The molecule has 5 nitrogen and oxygen atoms in total. The molecule has 0 bridgehead atoms. The fourth-order valence-corrected chi connectivity index (χ4v) is 2.68. The number of imidazole rings is 1. The van der Waals surface area contributed by atoms with E-state index in [9.17, 15) is 8.42 Å². The Morgan fingerprint density at radius 1 is 1.40 bits per heavy atom. The molecular weight excluding hydrogens is 298 g/mol. The van der Waals surface area contributed by atoms with Crippen molar-refractivity contribution in [3.63, 3.8) is 0 Å². The molecule has 1 heterocycles. The summed E-state index contributed by atoms with van der Waals surface area (Å²) in [5.41, 5.74) is 0.980. The van der Waals surface area contributed by atoms with Crippen LogP contribution in [0.15, 0.2) is 35.5 Å². The van der Waals surface area contributed by atoms with Gasteiger partial charge in [-0.1, -0.05) is 30.7 Å². The third kappa shape index (κ3) is 3.59. The maximum atomic E-state index is 11.4. The van der Waals surface area contributed by atoms with Crippen LogP contribution in [-0.4, -0.2) is 18.0 Å². The summed E-state index contributed by atoms with van der Waals surface area (Å²) in [6.07, 6.45) is 3.04. The molecule has 0 aliphatic rings. The number of nitrogens with two attached hydrogens (primary N) is 1. The molecule has 0 spiro atoms. The van der Waals surface area contributed by atoms with Gasteiger partial charge in [0, 0.05) is 24.2 Å². The van der Waals surface area contributed by atoms with Gasteiger partial charge in [-0.25, -0.2) is 18.5 Å². The van der Waals surface area contributed by atoms with Crippen molar-refractivity contribution >= 4 is 21.6 Å². The van der Waals surface area contributed by atoms with Gasteiger partial charge in [0.25, 0.3) is 10.0 Å². The van der Waals surface area contributed by atoms with Gasteiger partial charge in [0.15, 0.2) is 5.03 Å². The van der Waals surface area contributed by atoms with Crippen molar-refractivity contribution in [2.45, 2.75) is 31.3 Å². The lowest BCUT2D eigenvalue weighted by atomic mass is 10.2. The van der Waals surface area contributed by atoms with Gasteiger partial charge < -0.3 is 4.57 Å². The smallest absolute Gasteiger partial charge is 0.257 e. The first-order chi connectivity index (χ1) is 9.40. The van der Waals surface area contributed by atoms with Crippen molar-refractivity contribution in [2.24, 2.45) is 5.14 Å². The van der Waals surface area contributed by atoms with Gasteiger partial charge in [0.1, 0.15) is 5.82 Å². The molecule has 0 radical (unpaired) electrons. The second kappa shape index (κ2) is 5.95. The molecule has 0 saturated heterocycles. The molecule has 2 aromatic rings. The van der Waals surface area contributed by atoms with Crippen LogP contribution < -0.4 is 5.14 Å². The maximum absolute atomic E-state index is 11.4. The minimum absolute atomic E-state index is 0.0945. The van der Waals surface area contributed by atoms with Crippen LogP contribution in [0, 0.1) is 0 Å². The lowest BCUT2D eigenvalue weighted by molar-refractivity contribution is 0.594. The third-order valence-electron chi connectivity index (χ3n) is 2.84. The van der Waals surface area contributed by atoms with Crippen LogP contribution >= 0.6 is 11.6 Å². The van der Waals surface area contributed by atoms with Crippen molar-refractivity contribution in [1.82, 2.24) is 9.55 Å². The molecule has 0 fully saturated rings. The van der Waals surface area contributed by atoms with E-state index in [4.69, 9.17) is 16.7 Å². The highest BCUT2D eigenvalue weighted by molar-refractivity contribution is 7.89. The van der Waals surface area contributed by atoms with Crippen LogP contribution in [0.4, 0.5) is 0 Å². The maximum Gasteiger partial charge on any atom is 0.257 e. The summed E-state index contributed by atoms with van der Waals surface area (Å²) >= 11 is 5.95. The zero-order valence-electron chi connectivity index (χ0n) is 11.1. The van der Waals surface area contributed by atoms with Gasteiger partial charge >= 0.3 is 0 Å². The van der Waals surface area contributed by atoms with Crippen LogP contribution in [-0.2, 0) is 23.0 Å². The molecule has 0 saturated carbocycles. The van der Waals surface area contributed by atoms with Crippen molar-refractivity contribution in [3.8, 4) is 0 Å². The average Bonchev–Trinajstić information content (AvgIpc) is 2.73. The van der Waals surface area contributed by atoms with Gasteiger partial charge in [-0.3, -0.25) is 0 Å². The highest BCUT2D eigenvalue weighted by Gasteiger charge is 2.16. The number of benzene rings is 1. The highest BCUT2D eigenvalue weighted by atomic mass is 35.5. The lowest BCUT2D eigenvalue weighted by Gasteiger charge is -2.07. The Morgan fingerprint density at radius 3 is 2.75 bits per heavy atom. The Labute approximate surface area is 123 Å². The number of hydrogen-bond acceptors (Lipinski definition) is 3. The standard InChI is InChI=1S/C13H16ClN3O2S/c1-2-4-12-16-13(20(15,18)19)9-17(12)8-10-5-3-6-11(14)7-10/h3,5-7,9H,2,4,8H2,1H3,(H2,15,18,19). The van der Waals surface area contributed by atoms with E-state index in [1.54, 1.807) is 10.6 Å². The number of aromatic nitrogens is 2. The fraction of sp³-hybridized carbons (Fsp3) is 0.308. The molecule has 0 aliphatic carbocycles. The molecule has 20 heavy (non-hydrogen) atoms. The quantitative estimate of drug-likeness (QED) is 0.919. The predicted octanol–water partition coefficient (Wildman–Crippen LogP) is 2.18. The average molecular weight is 314 g/mol. The molecule has 2 N–H and O–H groups in total. The van der Waals surface area contributed by atoms with E-state index in [1.165, 1.54) is 6.20 Å². The second-order valence-electron chi connectivity index (χ2n) is 4.55. The molecule has 0 aliphatic heterocycles. The zero-order chi connectivity index (χ0) is 14.8. The van der Waals surface area contributed by atoms with E-state index >= 15 is 0 Å². The van der Waals surface area contributed by atoms with Gasteiger partial charge in [-0.15, -0.1) is 0 Å². The van der Waals surface area contributed by atoms with Crippen LogP contribution in [0.1, 0.15) is 24.7 Å². The number of halogens is 1. The first-order valence-corrected chi connectivity index (χ1v) is 8.16. The summed E-state index contributed by atoms with van der Waals surface area (Å²) in [6, 6.07) is 7.42. The van der Waals surface area contributed by atoms with Crippen LogP contribution in [0.2, 0.25) is 5.02 Å². The van der Waals surface area contributed by atoms with E-state index in [-0.39, 0.29) is 5.03 Å². The Balaban J connectivity index is 2.37.